The first kappa shape index (κ1) is 17.5. The predicted octanol–water partition coefficient (Wildman–Crippen LogP) is 3.50. The number of hydrogen-bond acceptors (Lipinski definition) is 3. The SMILES string of the molecule is Fc1ccc(N2CCN(CCCc3cnc4n3CCCCC4)CC2)cc1. The second kappa shape index (κ2) is 8.21. The molecule has 3 heterocycles. The van der Waals surface area contributed by atoms with Gasteiger partial charge in [0, 0.05) is 56.7 Å². The topological polar surface area (TPSA) is 24.3 Å². The van der Waals surface area contributed by atoms with Crippen LogP contribution in [0.25, 0.3) is 0 Å². The summed E-state index contributed by atoms with van der Waals surface area (Å²) < 4.78 is 15.5. The lowest BCUT2D eigenvalue weighted by Gasteiger charge is -2.36. The summed E-state index contributed by atoms with van der Waals surface area (Å²) in [6.07, 6.45) is 9.49. The van der Waals surface area contributed by atoms with E-state index in [1.165, 1.54) is 37.2 Å². The summed E-state index contributed by atoms with van der Waals surface area (Å²) in [7, 11) is 0. The average Bonchev–Trinajstić information content (AvgIpc) is 2.89. The highest BCUT2D eigenvalue weighted by Crippen LogP contribution is 2.19. The van der Waals surface area contributed by atoms with Gasteiger partial charge in [-0.25, -0.2) is 9.37 Å². The van der Waals surface area contributed by atoms with Crippen LogP contribution in [0.3, 0.4) is 0 Å². The van der Waals surface area contributed by atoms with E-state index in [4.69, 9.17) is 0 Å². The summed E-state index contributed by atoms with van der Waals surface area (Å²) in [5.41, 5.74) is 2.56. The minimum absolute atomic E-state index is 0.162. The molecule has 4 nitrogen and oxygen atoms in total. The largest absolute Gasteiger partial charge is 0.369 e. The van der Waals surface area contributed by atoms with Crippen molar-refractivity contribution in [3.05, 3.63) is 47.8 Å². The molecule has 0 amide bonds. The molecule has 1 saturated heterocycles. The van der Waals surface area contributed by atoms with Crippen molar-refractivity contribution in [2.75, 3.05) is 37.6 Å². The van der Waals surface area contributed by atoms with Gasteiger partial charge < -0.3 is 9.47 Å². The Labute approximate surface area is 155 Å². The maximum absolute atomic E-state index is 13.1. The van der Waals surface area contributed by atoms with Crippen molar-refractivity contribution < 1.29 is 4.39 Å². The van der Waals surface area contributed by atoms with E-state index in [1.807, 2.05) is 12.1 Å². The van der Waals surface area contributed by atoms with Crippen LogP contribution in [0, 0.1) is 5.82 Å². The lowest BCUT2D eigenvalue weighted by molar-refractivity contribution is 0.254. The molecule has 2 aliphatic rings. The quantitative estimate of drug-likeness (QED) is 0.819. The molecule has 4 rings (SSSR count). The molecular formula is C21H29FN4. The highest BCUT2D eigenvalue weighted by molar-refractivity contribution is 5.46. The Morgan fingerprint density at radius 1 is 0.923 bits per heavy atom. The fraction of sp³-hybridized carbons (Fsp3) is 0.571. The van der Waals surface area contributed by atoms with Crippen LogP contribution in [0.15, 0.2) is 30.5 Å². The number of fused-ring (bicyclic) bond motifs is 1. The van der Waals surface area contributed by atoms with Crippen LogP contribution in [0.1, 0.15) is 37.2 Å². The van der Waals surface area contributed by atoms with Crippen LogP contribution < -0.4 is 4.90 Å². The first-order chi connectivity index (χ1) is 12.8. The number of nitrogens with zero attached hydrogens (tertiary/aromatic N) is 4. The van der Waals surface area contributed by atoms with Crippen molar-refractivity contribution in [3.63, 3.8) is 0 Å². The zero-order valence-corrected chi connectivity index (χ0v) is 15.5. The number of benzene rings is 1. The zero-order valence-electron chi connectivity index (χ0n) is 15.5. The van der Waals surface area contributed by atoms with Gasteiger partial charge in [0.15, 0.2) is 0 Å². The second-order valence-electron chi connectivity index (χ2n) is 7.54. The van der Waals surface area contributed by atoms with E-state index >= 15 is 0 Å². The molecule has 0 atom stereocenters. The molecule has 2 aliphatic heterocycles. The second-order valence-corrected chi connectivity index (χ2v) is 7.54. The van der Waals surface area contributed by atoms with Crippen LogP contribution in [0.4, 0.5) is 10.1 Å². The van der Waals surface area contributed by atoms with Gasteiger partial charge in [0.25, 0.3) is 0 Å². The number of aromatic nitrogens is 2. The first-order valence-corrected chi connectivity index (χ1v) is 10.1. The summed E-state index contributed by atoms with van der Waals surface area (Å²) in [5, 5.41) is 0. The Balaban J connectivity index is 1.23. The molecule has 1 aromatic heterocycles. The minimum atomic E-state index is -0.162. The summed E-state index contributed by atoms with van der Waals surface area (Å²) >= 11 is 0. The molecule has 0 aliphatic carbocycles. The van der Waals surface area contributed by atoms with Crippen molar-refractivity contribution in [1.29, 1.82) is 0 Å². The highest BCUT2D eigenvalue weighted by Gasteiger charge is 2.18. The molecule has 1 fully saturated rings. The molecule has 0 spiro atoms. The summed E-state index contributed by atoms with van der Waals surface area (Å²) in [5.74, 6) is 1.13. The van der Waals surface area contributed by atoms with Crippen LogP contribution in [0.5, 0.6) is 0 Å². The molecule has 140 valence electrons. The minimum Gasteiger partial charge on any atom is -0.369 e. The van der Waals surface area contributed by atoms with Gasteiger partial charge in [0.2, 0.25) is 0 Å². The van der Waals surface area contributed by atoms with Crippen LogP contribution in [-0.2, 0) is 19.4 Å². The normalized spacial score (nSPS) is 18.6. The molecule has 0 unspecified atom stereocenters. The molecule has 26 heavy (non-hydrogen) atoms. The van der Waals surface area contributed by atoms with E-state index in [0.29, 0.717) is 0 Å². The van der Waals surface area contributed by atoms with Crippen LogP contribution >= 0.6 is 0 Å². The third kappa shape index (κ3) is 4.09. The number of rotatable bonds is 5. The van der Waals surface area contributed by atoms with Crippen molar-refractivity contribution >= 4 is 5.69 Å². The van der Waals surface area contributed by atoms with E-state index < -0.39 is 0 Å². The Morgan fingerprint density at radius 2 is 1.73 bits per heavy atom. The van der Waals surface area contributed by atoms with E-state index in [9.17, 15) is 4.39 Å². The van der Waals surface area contributed by atoms with E-state index in [1.54, 1.807) is 12.1 Å². The summed E-state index contributed by atoms with van der Waals surface area (Å²) in [6, 6.07) is 6.87. The zero-order chi connectivity index (χ0) is 17.8. The molecule has 2 aromatic rings. The van der Waals surface area contributed by atoms with Gasteiger partial charge in [-0.15, -0.1) is 0 Å². The molecule has 0 saturated carbocycles. The average molecular weight is 356 g/mol. The van der Waals surface area contributed by atoms with Crippen molar-refractivity contribution in [2.45, 2.75) is 45.1 Å². The van der Waals surface area contributed by atoms with Gasteiger partial charge in [-0.05, 0) is 56.5 Å². The van der Waals surface area contributed by atoms with Gasteiger partial charge in [-0.2, -0.15) is 0 Å². The third-order valence-corrected chi connectivity index (χ3v) is 5.77. The van der Waals surface area contributed by atoms with Gasteiger partial charge in [-0.1, -0.05) is 6.42 Å². The van der Waals surface area contributed by atoms with E-state index in [0.717, 1.165) is 57.8 Å². The highest BCUT2D eigenvalue weighted by atomic mass is 19.1. The predicted molar refractivity (Wildman–Crippen MR) is 103 cm³/mol. The summed E-state index contributed by atoms with van der Waals surface area (Å²) in [4.78, 5) is 9.56. The smallest absolute Gasteiger partial charge is 0.123 e. The van der Waals surface area contributed by atoms with Gasteiger partial charge in [-0.3, -0.25) is 4.90 Å². The fourth-order valence-corrected chi connectivity index (χ4v) is 4.22. The number of aryl methyl sites for hydroxylation is 2. The van der Waals surface area contributed by atoms with Gasteiger partial charge >= 0.3 is 0 Å². The third-order valence-electron chi connectivity index (χ3n) is 5.77. The van der Waals surface area contributed by atoms with E-state index in [-0.39, 0.29) is 5.82 Å². The number of hydrogen-bond donors (Lipinski definition) is 0. The Bertz CT molecular complexity index is 701. The number of imidazole rings is 1. The lowest BCUT2D eigenvalue weighted by atomic mass is 10.2. The molecular weight excluding hydrogens is 327 g/mol. The standard InChI is InChI=1S/C21H29FN4/c22-18-7-9-19(10-8-18)25-15-13-24(14-16-25)11-4-5-20-17-23-21-6-2-1-3-12-26(20)21/h7-10,17H,1-6,11-16H2. The van der Waals surface area contributed by atoms with Gasteiger partial charge in [0.1, 0.15) is 11.6 Å². The summed E-state index contributed by atoms with van der Waals surface area (Å²) in [6.45, 7) is 6.52. The Kier molecular flexibility index (Phi) is 5.54. The number of piperazine rings is 1. The van der Waals surface area contributed by atoms with Gasteiger partial charge in [0.05, 0.1) is 0 Å². The van der Waals surface area contributed by atoms with Crippen LogP contribution in [0.2, 0.25) is 0 Å². The maximum Gasteiger partial charge on any atom is 0.123 e. The van der Waals surface area contributed by atoms with Crippen LogP contribution in [-0.4, -0.2) is 47.2 Å². The van der Waals surface area contributed by atoms with Crippen molar-refractivity contribution in [1.82, 2.24) is 14.5 Å². The Hall–Kier alpha value is -1.88. The molecule has 5 heteroatoms. The number of anilines is 1. The number of halogens is 1. The maximum atomic E-state index is 13.1. The van der Waals surface area contributed by atoms with Crippen molar-refractivity contribution in [2.24, 2.45) is 0 Å². The molecule has 1 aromatic carbocycles. The fourth-order valence-electron chi connectivity index (χ4n) is 4.22. The first-order valence-electron chi connectivity index (χ1n) is 10.1. The molecule has 0 bridgehead atoms. The van der Waals surface area contributed by atoms with Crippen molar-refractivity contribution in [3.8, 4) is 0 Å². The lowest BCUT2D eigenvalue weighted by Crippen LogP contribution is -2.46. The van der Waals surface area contributed by atoms with E-state index in [2.05, 4.69) is 25.5 Å². The molecule has 0 N–H and O–H groups in total. The monoisotopic (exact) mass is 356 g/mol. The molecule has 0 radical (unpaired) electrons. The Morgan fingerprint density at radius 3 is 2.54 bits per heavy atom.